The molecule has 1 fully saturated rings. The normalized spacial score (nSPS) is 18.1. The van der Waals surface area contributed by atoms with E-state index in [1.165, 1.54) is 0 Å². The van der Waals surface area contributed by atoms with Crippen molar-refractivity contribution in [2.24, 2.45) is 5.92 Å². The van der Waals surface area contributed by atoms with Gasteiger partial charge in [0.15, 0.2) is 5.75 Å². The van der Waals surface area contributed by atoms with Crippen molar-refractivity contribution in [3.63, 3.8) is 0 Å². The highest BCUT2D eigenvalue weighted by Gasteiger charge is 2.26. The van der Waals surface area contributed by atoms with Crippen LogP contribution in [0.2, 0.25) is 0 Å². The monoisotopic (exact) mass is 296 g/mol. The van der Waals surface area contributed by atoms with E-state index < -0.39 is 0 Å². The van der Waals surface area contributed by atoms with E-state index in [2.05, 4.69) is 10.2 Å². The molecule has 2 aromatic rings. The number of hydrogen-bond donors (Lipinski definition) is 1. The molecule has 22 heavy (non-hydrogen) atoms. The third-order valence-electron chi connectivity index (χ3n) is 3.88. The summed E-state index contributed by atoms with van der Waals surface area (Å²) in [4.78, 5) is 14.5. The molecule has 4 nitrogen and oxygen atoms in total. The summed E-state index contributed by atoms with van der Waals surface area (Å²) < 4.78 is 5.87. The number of nitrogens with zero attached hydrogens (tertiary/aromatic N) is 1. The molecule has 1 aliphatic heterocycles. The number of hydrogen-bond acceptors (Lipinski definition) is 3. The van der Waals surface area contributed by atoms with Gasteiger partial charge in [-0.25, -0.2) is 0 Å². The quantitative estimate of drug-likeness (QED) is 0.940. The number of para-hydroxylation sites is 3. The standard InChI is InChI=1S/C18H20N2O2/c1-20-12-11-14(13-20)18(21)19-16-9-5-6-10-17(16)22-15-7-3-2-4-8-15/h2-10,14H,11-13H2,1H3,(H,19,21). The molecule has 0 bridgehead atoms. The van der Waals surface area contributed by atoms with Gasteiger partial charge in [-0.05, 0) is 44.3 Å². The number of ether oxygens (including phenoxy) is 1. The molecule has 0 spiro atoms. The molecule has 1 amide bonds. The van der Waals surface area contributed by atoms with Gasteiger partial charge in [-0.1, -0.05) is 30.3 Å². The number of rotatable bonds is 4. The second-order valence-corrected chi connectivity index (χ2v) is 5.65. The van der Waals surface area contributed by atoms with Crippen LogP contribution in [0.15, 0.2) is 54.6 Å². The van der Waals surface area contributed by atoms with Crippen LogP contribution in [-0.4, -0.2) is 30.9 Å². The lowest BCUT2D eigenvalue weighted by atomic mass is 10.1. The van der Waals surface area contributed by atoms with Crippen molar-refractivity contribution in [3.05, 3.63) is 54.6 Å². The summed E-state index contributed by atoms with van der Waals surface area (Å²) >= 11 is 0. The van der Waals surface area contributed by atoms with Crippen molar-refractivity contribution in [3.8, 4) is 11.5 Å². The molecule has 0 radical (unpaired) electrons. The Balaban J connectivity index is 1.72. The minimum Gasteiger partial charge on any atom is -0.455 e. The molecule has 0 aromatic heterocycles. The Morgan fingerprint density at radius 1 is 1.14 bits per heavy atom. The van der Waals surface area contributed by atoms with Gasteiger partial charge in [-0.15, -0.1) is 0 Å². The molecule has 1 N–H and O–H groups in total. The van der Waals surface area contributed by atoms with Gasteiger partial charge in [-0.3, -0.25) is 4.79 Å². The van der Waals surface area contributed by atoms with Gasteiger partial charge in [0.25, 0.3) is 0 Å². The van der Waals surface area contributed by atoms with E-state index in [4.69, 9.17) is 4.74 Å². The van der Waals surface area contributed by atoms with Crippen LogP contribution in [0.3, 0.4) is 0 Å². The topological polar surface area (TPSA) is 41.6 Å². The number of carbonyl (C=O) groups is 1. The highest BCUT2D eigenvalue weighted by molar-refractivity contribution is 5.94. The van der Waals surface area contributed by atoms with Crippen LogP contribution in [0.25, 0.3) is 0 Å². The molecule has 4 heteroatoms. The molecule has 1 aliphatic rings. The van der Waals surface area contributed by atoms with Gasteiger partial charge < -0.3 is 15.0 Å². The zero-order valence-corrected chi connectivity index (χ0v) is 12.7. The zero-order chi connectivity index (χ0) is 15.4. The lowest BCUT2D eigenvalue weighted by molar-refractivity contribution is -0.119. The lowest BCUT2D eigenvalue weighted by Crippen LogP contribution is -2.25. The van der Waals surface area contributed by atoms with Gasteiger partial charge in [0.1, 0.15) is 5.75 Å². The first kappa shape index (κ1) is 14.6. The Bertz CT molecular complexity index is 643. The molecule has 3 rings (SSSR count). The predicted molar refractivity (Wildman–Crippen MR) is 87.2 cm³/mol. The Morgan fingerprint density at radius 3 is 2.59 bits per heavy atom. The maximum Gasteiger partial charge on any atom is 0.228 e. The van der Waals surface area contributed by atoms with E-state index in [0.717, 1.165) is 25.3 Å². The molecule has 1 atom stereocenters. The first-order chi connectivity index (χ1) is 10.7. The minimum atomic E-state index is 0.0507. The average molecular weight is 296 g/mol. The van der Waals surface area contributed by atoms with Crippen molar-refractivity contribution in [1.82, 2.24) is 4.90 Å². The second kappa shape index (κ2) is 6.62. The molecule has 0 aliphatic carbocycles. The second-order valence-electron chi connectivity index (χ2n) is 5.65. The number of carbonyl (C=O) groups excluding carboxylic acids is 1. The summed E-state index contributed by atoms with van der Waals surface area (Å²) in [5.41, 5.74) is 0.714. The van der Waals surface area contributed by atoms with Crippen LogP contribution in [-0.2, 0) is 4.79 Å². The molecule has 114 valence electrons. The summed E-state index contributed by atoms with van der Waals surface area (Å²) in [5, 5.41) is 3.00. The fraction of sp³-hybridized carbons (Fsp3) is 0.278. The predicted octanol–water partition coefficient (Wildman–Crippen LogP) is 3.37. The number of amides is 1. The maximum atomic E-state index is 12.4. The van der Waals surface area contributed by atoms with Gasteiger partial charge in [-0.2, -0.15) is 0 Å². The lowest BCUT2D eigenvalue weighted by Gasteiger charge is -2.15. The number of nitrogens with one attached hydrogen (secondary N) is 1. The summed E-state index contributed by atoms with van der Waals surface area (Å²) in [6.07, 6.45) is 0.907. The largest absolute Gasteiger partial charge is 0.455 e. The van der Waals surface area contributed by atoms with Gasteiger partial charge >= 0.3 is 0 Å². The van der Waals surface area contributed by atoms with E-state index in [9.17, 15) is 4.79 Å². The highest BCUT2D eigenvalue weighted by Crippen LogP contribution is 2.30. The Morgan fingerprint density at radius 2 is 1.86 bits per heavy atom. The third-order valence-corrected chi connectivity index (χ3v) is 3.88. The Labute approximate surface area is 130 Å². The van der Waals surface area contributed by atoms with Crippen molar-refractivity contribution in [1.29, 1.82) is 0 Å². The summed E-state index contributed by atoms with van der Waals surface area (Å²) in [7, 11) is 2.04. The fourth-order valence-electron chi connectivity index (χ4n) is 2.66. The van der Waals surface area contributed by atoms with Crippen LogP contribution in [0, 0.1) is 5.92 Å². The first-order valence-electron chi connectivity index (χ1n) is 7.54. The SMILES string of the molecule is CN1CCC(C(=O)Nc2ccccc2Oc2ccccc2)C1. The van der Waals surface area contributed by atoms with E-state index in [0.29, 0.717) is 11.4 Å². The number of likely N-dealkylation sites (tertiary alicyclic amines) is 1. The van der Waals surface area contributed by atoms with Crippen molar-refractivity contribution in [2.75, 3.05) is 25.5 Å². The molecule has 1 heterocycles. The van der Waals surface area contributed by atoms with E-state index >= 15 is 0 Å². The minimum absolute atomic E-state index is 0.0507. The smallest absolute Gasteiger partial charge is 0.228 e. The number of anilines is 1. The zero-order valence-electron chi connectivity index (χ0n) is 12.7. The van der Waals surface area contributed by atoms with Crippen LogP contribution in [0.1, 0.15) is 6.42 Å². The molecule has 1 unspecified atom stereocenters. The summed E-state index contributed by atoms with van der Waals surface area (Å²) in [5.74, 6) is 1.53. The molecule has 2 aromatic carbocycles. The van der Waals surface area contributed by atoms with Crippen LogP contribution < -0.4 is 10.1 Å². The molecular weight excluding hydrogens is 276 g/mol. The van der Waals surface area contributed by atoms with Crippen molar-refractivity contribution in [2.45, 2.75) is 6.42 Å². The van der Waals surface area contributed by atoms with E-state index in [1.54, 1.807) is 0 Å². The van der Waals surface area contributed by atoms with E-state index in [1.807, 2.05) is 61.6 Å². The van der Waals surface area contributed by atoms with Crippen LogP contribution in [0.4, 0.5) is 5.69 Å². The van der Waals surface area contributed by atoms with Crippen molar-refractivity contribution < 1.29 is 9.53 Å². The maximum absolute atomic E-state index is 12.4. The summed E-state index contributed by atoms with van der Waals surface area (Å²) in [6, 6.07) is 17.1. The average Bonchev–Trinajstić information content (AvgIpc) is 2.97. The van der Waals surface area contributed by atoms with Gasteiger partial charge in [0.05, 0.1) is 11.6 Å². The summed E-state index contributed by atoms with van der Waals surface area (Å²) in [6.45, 7) is 1.79. The fourth-order valence-corrected chi connectivity index (χ4v) is 2.66. The van der Waals surface area contributed by atoms with Gasteiger partial charge in [0, 0.05) is 6.54 Å². The number of benzene rings is 2. The Hall–Kier alpha value is -2.33. The molecular formula is C18H20N2O2. The highest BCUT2D eigenvalue weighted by atomic mass is 16.5. The van der Waals surface area contributed by atoms with E-state index in [-0.39, 0.29) is 11.8 Å². The molecule has 0 saturated carbocycles. The van der Waals surface area contributed by atoms with Crippen LogP contribution in [0.5, 0.6) is 11.5 Å². The third kappa shape index (κ3) is 3.46. The molecule has 1 saturated heterocycles. The van der Waals surface area contributed by atoms with Crippen LogP contribution >= 0.6 is 0 Å². The first-order valence-corrected chi connectivity index (χ1v) is 7.54. The van der Waals surface area contributed by atoms with Gasteiger partial charge in [0.2, 0.25) is 5.91 Å². The van der Waals surface area contributed by atoms with Crippen molar-refractivity contribution >= 4 is 11.6 Å². The Kier molecular flexibility index (Phi) is 4.39.